The average molecular weight is 160 g/mol. The van der Waals surface area contributed by atoms with Gasteiger partial charge in [-0.25, -0.2) is 0 Å². The summed E-state index contributed by atoms with van der Waals surface area (Å²) in [5, 5.41) is 0. The molecule has 0 aromatic heterocycles. The Morgan fingerprint density at radius 1 is 1.45 bits per heavy atom. The van der Waals surface area contributed by atoms with Gasteiger partial charge in [-0.15, -0.1) is 0 Å². The standard InChI is InChI=1S/C8H16O3/c1-6-8(10-3)7(4-9-2)5-11-6/h6-8H,4-5H2,1-3H3/t6-,7-,8-/m0/s1. The second-order valence-corrected chi connectivity index (χ2v) is 2.95. The van der Waals surface area contributed by atoms with Crippen LogP contribution in [0.15, 0.2) is 0 Å². The molecule has 1 fully saturated rings. The predicted octanol–water partition coefficient (Wildman–Crippen LogP) is 0.683. The number of hydrogen-bond acceptors (Lipinski definition) is 3. The van der Waals surface area contributed by atoms with Crippen molar-refractivity contribution in [3.63, 3.8) is 0 Å². The zero-order valence-electron chi connectivity index (χ0n) is 7.37. The molecule has 0 N–H and O–H groups in total. The highest BCUT2D eigenvalue weighted by molar-refractivity contribution is 4.81. The minimum absolute atomic E-state index is 0.204. The van der Waals surface area contributed by atoms with Gasteiger partial charge in [-0.05, 0) is 6.92 Å². The Hall–Kier alpha value is -0.120. The van der Waals surface area contributed by atoms with Gasteiger partial charge in [0.25, 0.3) is 0 Å². The largest absolute Gasteiger partial charge is 0.384 e. The van der Waals surface area contributed by atoms with Crippen LogP contribution in [0, 0.1) is 5.92 Å². The van der Waals surface area contributed by atoms with Crippen LogP contribution in [-0.2, 0) is 14.2 Å². The fraction of sp³-hybridized carbons (Fsp3) is 1.00. The van der Waals surface area contributed by atoms with Gasteiger partial charge in [0, 0.05) is 20.1 Å². The van der Waals surface area contributed by atoms with Gasteiger partial charge in [0.15, 0.2) is 0 Å². The van der Waals surface area contributed by atoms with E-state index in [4.69, 9.17) is 14.2 Å². The first-order valence-electron chi connectivity index (χ1n) is 3.93. The summed E-state index contributed by atoms with van der Waals surface area (Å²) in [6, 6.07) is 0. The second kappa shape index (κ2) is 4.04. The molecule has 11 heavy (non-hydrogen) atoms. The molecule has 1 rings (SSSR count). The first kappa shape index (κ1) is 8.97. The van der Waals surface area contributed by atoms with E-state index in [1.165, 1.54) is 0 Å². The first-order chi connectivity index (χ1) is 5.29. The SMILES string of the molecule is COC[C@H]1CO[C@@H](C)[C@@H]1OC. The fourth-order valence-electron chi connectivity index (χ4n) is 1.59. The summed E-state index contributed by atoms with van der Waals surface area (Å²) in [6.45, 7) is 3.51. The van der Waals surface area contributed by atoms with E-state index >= 15 is 0 Å². The van der Waals surface area contributed by atoms with Gasteiger partial charge in [0.05, 0.1) is 25.4 Å². The molecule has 1 aliphatic rings. The van der Waals surface area contributed by atoms with E-state index in [0.29, 0.717) is 5.92 Å². The molecular weight excluding hydrogens is 144 g/mol. The smallest absolute Gasteiger partial charge is 0.0902 e. The van der Waals surface area contributed by atoms with Crippen molar-refractivity contribution in [2.75, 3.05) is 27.4 Å². The molecule has 1 aliphatic heterocycles. The van der Waals surface area contributed by atoms with E-state index in [9.17, 15) is 0 Å². The van der Waals surface area contributed by atoms with Crippen LogP contribution in [0.3, 0.4) is 0 Å². The lowest BCUT2D eigenvalue weighted by atomic mass is 10.0. The molecule has 0 bridgehead atoms. The van der Waals surface area contributed by atoms with Crippen molar-refractivity contribution in [1.29, 1.82) is 0 Å². The predicted molar refractivity (Wildman–Crippen MR) is 41.6 cm³/mol. The Bertz CT molecular complexity index is 114. The molecule has 66 valence electrons. The molecule has 0 saturated carbocycles. The first-order valence-corrected chi connectivity index (χ1v) is 3.93. The van der Waals surface area contributed by atoms with Gasteiger partial charge in [-0.2, -0.15) is 0 Å². The Morgan fingerprint density at radius 2 is 2.18 bits per heavy atom. The minimum Gasteiger partial charge on any atom is -0.384 e. The molecule has 3 atom stereocenters. The molecule has 0 aromatic carbocycles. The monoisotopic (exact) mass is 160 g/mol. The second-order valence-electron chi connectivity index (χ2n) is 2.95. The summed E-state index contributed by atoms with van der Waals surface area (Å²) in [5.74, 6) is 0.403. The molecule has 0 radical (unpaired) electrons. The maximum Gasteiger partial charge on any atom is 0.0902 e. The van der Waals surface area contributed by atoms with Gasteiger partial charge in [-0.3, -0.25) is 0 Å². The van der Waals surface area contributed by atoms with Crippen molar-refractivity contribution in [3.8, 4) is 0 Å². The summed E-state index contributed by atoms with van der Waals surface area (Å²) in [6.07, 6.45) is 0.412. The van der Waals surface area contributed by atoms with Crippen molar-refractivity contribution in [2.24, 2.45) is 5.92 Å². The maximum atomic E-state index is 5.42. The number of methoxy groups -OCH3 is 2. The van der Waals surface area contributed by atoms with Crippen molar-refractivity contribution in [2.45, 2.75) is 19.1 Å². The minimum atomic E-state index is 0.204. The van der Waals surface area contributed by atoms with E-state index in [1.807, 2.05) is 6.92 Å². The van der Waals surface area contributed by atoms with Gasteiger partial charge in [-0.1, -0.05) is 0 Å². The molecule has 0 amide bonds. The Balaban J connectivity index is 2.40. The summed E-state index contributed by atoms with van der Waals surface area (Å²) >= 11 is 0. The van der Waals surface area contributed by atoms with Crippen molar-refractivity contribution < 1.29 is 14.2 Å². The summed E-state index contributed by atoms with van der Waals surface area (Å²) in [5.41, 5.74) is 0. The van der Waals surface area contributed by atoms with Gasteiger partial charge in [0.2, 0.25) is 0 Å². The maximum absolute atomic E-state index is 5.42. The van der Waals surface area contributed by atoms with Crippen molar-refractivity contribution in [1.82, 2.24) is 0 Å². The third-order valence-electron chi connectivity index (χ3n) is 2.15. The van der Waals surface area contributed by atoms with Crippen LogP contribution in [0.4, 0.5) is 0 Å². The molecule has 3 heteroatoms. The summed E-state index contributed by atoms with van der Waals surface area (Å²) in [7, 11) is 3.42. The molecule has 1 heterocycles. The molecule has 0 spiro atoms. The zero-order chi connectivity index (χ0) is 8.27. The molecular formula is C8H16O3. The Morgan fingerprint density at radius 3 is 2.73 bits per heavy atom. The topological polar surface area (TPSA) is 27.7 Å². The third kappa shape index (κ3) is 1.92. The number of hydrogen-bond donors (Lipinski definition) is 0. The van der Waals surface area contributed by atoms with Crippen LogP contribution in [0.2, 0.25) is 0 Å². The molecule has 0 unspecified atom stereocenters. The molecule has 0 aromatic rings. The summed E-state index contributed by atoms with van der Waals surface area (Å²) < 4.78 is 15.7. The Labute approximate surface area is 67.6 Å². The van der Waals surface area contributed by atoms with E-state index in [2.05, 4.69) is 0 Å². The Kier molecular flexibility index (Phi) is 3.30. The average Bonchev–Trinajstić information content (AvgIpc) is 2.33. The lowest BCUT2D eigenvalue weighted by molar-refractivity contribution is 0.00857. The van der Waals surface area contributed by atoms with Crippen LogP contribution in [0.1, 0.15) is 6.92 Å². The van der Waals surface area contributed by atoms with Crippen molar-refractivity contribution >= 4 is 0 Å². The zero-order valence-corrected chi connectivity index (χ0v) is 7.37. The third-order valence-corrected chi connectivity index (χ3v) is 2.15. The van der Waals surface area contributed by atoms with Crippen LogP contribution in [0.25, 0.3) is 0 Å². The highest BCUT2D eigenvalue weighted by Gasteiger charge is 2.34. The van der Waals surface area contributed by atoms with Crippen molar-refractivity contribution in [3.05, 3.63) is 0 Å². The highest BCUT2D eigenvalue weighted by Crippen LogP contribution is 2.22. The van der Waals surface area contributed by atoms with Crippen LogP contribution in [-0.4, -0.2) is 39.6 Å². The van der Waals surface area contributed by atoms with Gasteiger partial charge in [0.1, 0.15) is 0 Å². The van der Waals surface area contributed by atoms with Gasteiger partial charge < -0.3 is 14.2 Å². The lowest BCUT2D eigenvalue weighted by Gasteiger charge is -2.17. The van der Waals surface area contributed by atoms with Gasteiger partial charge >= 0.3 is 0 Å². The fourth-order valence-corrected chi connectivity index (χ4v) is 1.59. The van der Waals surface area contributed by atoms with E-state index in [-0.39, 0.29) is 12.2 Å². The van der Waals surface area contributed by atoms with E-state index in [1.54, 1.807) is 14.2 Å². The molecule has 1 saturated heterocycles. The normalized spacial score (nSPS) is 37.9. The molecule has 0 aliphatic carbocycles. The quantitative estimate of drug-likeness (QED) is 0.607. The highest BCUT2D eigenvalue weighted by atomic mass is 16.6. The number of ether oxygens (including phenoxy) is 3. The van der Waals surface area contributed by atoms with E-state index < -0.39 is 0 Å². The molecule has 3 nitrogen and oxygen atoms in total. The van der Waals surface area contributed by atoms with Crippen LogP contribution >= 0.6 is 0 Å². The summed E-state index contributed by atoms with van der Waals surface area (Å²) in [4.78, 5) is 0. The lowest BCUT2D eigenvalue weighted by Crippen LogP contribution is -2.29. The van der Waals surface area contributed by atoms with Crippen LogP contribution < -0.4 is 0 Å². The van der Waals surface area contributed by atoms with E-state index in [0.717, 1.165) is 13.2 Å². The van der Waals surface area contributed by atoms with Crippen LogP contribution in [0.5, 0.6) is 0 Å². The number of rotatable bonds is 3.